The van der Waals surface area contributed by atoms with Gasteiger partial charge in [-0.05, 0) is 0 Å². The van der Waals surface area contributed by atoms with E-state index in [1.165, 1.54) is 18.8 Å². The molecular formula is C16H18B16Hg. The molecule has 0 aliphatic carbocycles. The molecule has 0 nitrogen and oxygen atoms in total. The average Bonchev–Trinajstić information content (AvgIpc) is 2.86. The van der Waals surface area contributed by atoms with Gasteiger partial charge in [-0.2, -0.15) is 0 Å². The molecule has 0 N–H and O–H groups in total. The molecule has 0 fully saturated rings. The quantitative estimate of drug-likeness (QED) is 0.115. The summed E-state index contributed by atoms with van der Waals surface area (Å²) in [5.74, 6) is 0. The monoisotopic (exact) mass is 588 g/mol. The molecule has 0 spiro atoms. The zero-order valence-electron chi connectivity index (χ0n) is 19.5. The minimum absolute atomic E-state index is 0.769. The van der Waals surface area contributed by atoms with Crippen molar-refractivity contribution in [2.75, 3.05) is 0 Å². The van der Waals surface area contributed by atoms with Crippen molar-refractivity contribution in [3.05, 3.63) is 71.8 Å². The molecule has 132 valence electrons. The van der Waals surface area contributed by atoms with Gasteiger partial charge in [0.1, 0.15) is 0 Å². The van der Waals surface area contributed by atoms with E-state index in [1.807, 2.05) is 0 Å². The van der Waals surface area contributed by atoms with Gasteiger partial charge in [-0.25, -0.2) is 0 Å². The molecule has 33 heavy (non-hydrogen) atoms. The van der Waals surface area contributed by atoms with Gasteiger partial charge in [-0.15, -0.1) is 0 Å². The second kappa shape index (κ2) is 22.9. The van der Waals surface area contributed by atoms with Gasteiger partial charge in [0, 0.05) is 0 Å². The van der Waals surface area contributed by atoms with Crippen molar-refractivity contribution in [1.29, 1.82) is 0 Å². The summed E-state index contributed by atoms with van der Waals surface area (Å²) in [7, 11) is 34.4. The van der Waals surface area contributed by atoms with Crippen LogP contribution in [0, 0.1) is 0 Å². The maximum atomic E-state index is 2.32. The van der Waals surface area contributed by atoms with E-state index in [9.17, 15) is 0 Å². The normalized spacial score (nSPS) is 8.97. The number of benzene rings is 2. The fraction of sp³-hybridized carbons (Fsp3) is 0.250. The zero-order chi connectivity index (χ0) is 23.1. The summed E-state index contributed by atoms with van der Waals surface area (Å²) in [6, 6.07) is 21.1. The molecule has 0 amide bonds. The molecular weight excluding hydrogens is 566 g/mol. The van der Waals surface area contributed by atoms with E-state index in [1.54, 1.807) is 0 Å². The molecule has 0 saturated carbocycles. The van der Waals surface area contributed by atoms with Crippen LogP contribution in [0.1, 0.15) is 11.1 Å². The van der Waals surface area contributed by atoms with Gasteiger partial charge >= 0.3 is 194 Å². The second-order valence-electron chi connectivity index (χ2n) is 7.56. The minimum atomic E-state index is -0.769. The van der Waals surface area contributed by atoms with Crippen LogP contribution in [-0.2, 0) is 37.2 Å². The molecule has 0 aliphatic heterocycles. The first-order chi connectivity index (χ1) is 16.4. The molecule has 2 aromatic carbocycles. The standard InChI is InChI=1S/2C8H9B8.Hg/c2*1-9-11-13-15-16-14-12-10-7-8-5-3-2-4-6-8;/h2*2-6H,1,7H2;. The SMILES string of the molecule is [B]([B][B][B][B]Cc1ccccc1)[B][B][B][CH2][Hg][CH2][B][B][B][B][B][B][B][B]Cc1ccccc1. The van der Waals surface area contributed by atoms with Crippen LogP contribution in [0.15, 0.2) is 60.7 Å². The van der Waals surface area contributed by atoms with Crippen LogP contribution < -0.4 is 0 Å². The van der Waals surface area contributed by atoms with Crippen molar-refractivity contribution < 1.29 is 24.6 Å². The molecule has 2 rings (SSSR count). The predicted octanol–water partition coefficient (Wildman–Crippen LogP) is -1.70. The fourth-order valence-corrected chi connectivity index (χ4v) is 7.26. The summed E-state index contributed by atoms with van der Waals surface area (Å²) in [5.41, 5.74) is 2.69. The summed E-state index contributed by atoms with van der Waals surface area (Å²) >= 11 is -0.769. The summed E-state index contributed by atoms with van der Waals surface area (Å²) in [6.45, 7) is 0. The zero-order valence-corrected chi connectivity index (χ0v) is 25.0. The molecule has 16 radical (unpaired) electrons. The molecule has 0 unspecified atom stereocenters. The second-order valence-corrected chi connectivity index (χ2v) is 14.8. The van der Waals surface area contributed by atoms with Gasteiger partial charge in [0.05, 0.1) is 0 Å². The first-order valence-corrected chi connectivity index (χ1v) is 19.6. The van der Waals surface area contributed by atoms with Gasteiger partial charge in [-0.3, -0.25) is 0 Å². The molecule has 17 heteroatoms. The first kappa shape index (κ1) is 29.6. The van der Waals surface area contributed by atoms with E-state index >= 15 is 0 Å². The summed E-state index contributed by atoms with van der Waals surface area (Å²) < 4.78 is 2.65. The van der Waals surface area contributed by atoms with Crippen LogP contribution in [0.3, 0.4) is 0 Å². The molecule has 0 saturated heterocycles. The molecule has 0 heterocycles. The molecule has 0 aliphatic rings. The Balaban J connectivity index is 1.20. The van der Waals surface area contributed by atoms with Crippen molar-refractivity contribution in [3.63, 3.8) is 0 Å². The van der Waals surface area contributed by atoms with Gasteiger partial charge in [-0.1, -0.05) is 36.4 Å². The molecule has 0 aromatic heterocycles. The Hall–Kier alpha value is 0.414. The first-order valence-electron chi connectivity index (χ1n) is 11.8. The Morgan fingerprint density at radius 2 is 0.727 bits per heavy atom. The fourth-order valence-electron chi connectivity index (χ4n) is 3.01. The third-order valence-corrected chi connectivity index (χ3v) is 10.6. The number of hydrogen-bond acceptors (Lipinski definition) is 0. The Morgan fingerprint density at radius 1 is 0.394 bits per heavy atom. The molecule has 0 atom stereocenters. The van der Waals surface area contributed by atoms with Crippen LogP contribution in [0.5, 0.6) is 0 Å². The average molecular weight is 584 g/mol. The van der Waals surface area contributed by atoms with Crippen LogP contribution in [0.2, 0.25) is 7.66 Å². The van der Waals surface area contributed by atoms with Crippen LogP contribution >= 0.6 is 0 Å². The summed E-state index contributed by atoms with van der Waals surface area (Å²) in [6.07, 6.45) is 1.96. The Kier molecular flexibility index (Phi) is 20.5. The van der Waals surface area contributed by atoms with Gasteiger partial charge in [0.25, 0.3) is 0 Å². The topological polar surface area (TPSA) is 0 Å². The summed E-state index contributed by atoms with van der Waals surface area (Å²) in [5, 5.41) is 0. The van der Waals surface area contributed by atoms with E-state index < -0.39 is 24.6 Å². The van der Waals surface area contributed by atoms with Crippen LogP contribution in [0.25, 0.3) is 0 Å². The van der Waals surface area contributed by atoms with E-state index in [0.717, 1.165) is 12.6 Å². The van der Waals surface area contributed by atoms with Crippen molar-refractivity contribution in [3.8, 4) is 0 Å². The van der Waals surface area contributed by atoms with Gasteiger partial charge in [0.15, 0.2) is 0 Å². The number of hydrogen-bond donors (Lipinski definition) is 0. The summed E-state index contributed by atoms with van der Waals surface area (Å²) in [4.78, 5) is 0. The van der Waals surface area contributed by atoms with Crippen molar-refractivity contribution in [1.82, 2.24) is 0 Å². The van der Waals surface area contributed by atoms with Crippen molar-refractivity contribution in [2.45, 2.75) is 20.3 Å². The minimum Gasteiger partial charge on any atom is -0.0622 e. The van der Waals surface area contributed by atoms with E-state index in [2.05, 4.69) is 174 Å². The Morgan fingerprint density at radius 3 is 1.12 bits per heavy atom. The number of rotatable bonds is 22. The van der Waals surface area contributed by atoms with E-state index in [4.69, 9.17) is 0 Å². The van der Waals surface area contributed by atoms with Crippen LogP contribution in [-0.4, -0.2) is 113 Å². The van der Waals surface area contributed by atoms with Gasteiger partial charge in [0.2, 0.25) is 0 Å². The predicted molar refractivity (Wildman–Crippen MR) is 162 cm³/mol. The molecule has 0 bridgehead atoms. The van der Waals surface area contributed by atoms with Crippen LogP contribution in [0.4, 0.5) is 0 Å². The van der Waals surface area contributed by atoms with Crippen molar-refractivity contribution in [2.24, 2.45) is 0 Å². The molecule has 2 aromatic rings. The van der Waals surface area contributed by atoms with E-state index in [-0.39, 0.29) is 0 Å². The Bertz CT molecular complexity index is 611. The third kappa shape index (κ3) is 18.4. The van der Waals surface area contributed by atoms with Gasteiger partial charge < -0.3 is 0 Å². The third-order valence-electron chi connectivity index (χ3n) is 4.79. The smallest absolute Gasteiger partial charge is 0.0622 e. The van der Waals surface area contributed by atoms with E-state index in [0.29, 0.717) is 0 Å². The Labute approximate surface area is 228 Å². The van der Waals surface area contributed by atoms with Crippen molar-refractivity contribution >= 4 is 113 Å². The maximum absolute atomic E-state index is 2.32.